The molecule has 1 aromatic rings. The summed E-state index contributed by atoms with van der Waals surface area (Å²) in [5.41, 5.74) is 5.79. The highest BCUT2D eigenvalue weighted by Crippen LogP contribution is 2.29. The zero-order valence-corrected chi connectivity index (χ0v) is 13.7. The number of ether oxygens (including phenoxy) is 1. The van der Waals surface area contributed by atoms with Crippen molar-refractivity contribution >= 4 is 33.6 Å². The van der Waals surface area contributed by atoms with Gasteiger partial charge in [-0.25, -0.2) is 8.42 Å². The van der Waals surface area contributed by atoms with E-state index in [1.807, 2.05) is 0 Å². The molecule has 1 unspecified atom stereocenters. The van der Waals surface area contributed by atoms with Crippen LogP contribution in [0.1, 0.15) is 24.3 Å². The number of carbonyl (C=O) groups is 2. The van der Waals surface area contributed by atoms with Crippen LogP contribution in [0.2, 0.25) is 5.02 Å². The molecule has 8 heteroatoms. The van der Waals surface area contributed by atoms with E-state index < -0.39 is 21.7 Å². The summed E-state index contributed by atoms with van der Waals surface area (Å²) in [6.45, 7) is 0.208. The van der Waals surface area contributed by atoms with Crippen molar-refractivity contribution < 1.29 is 22.7 Å². The average Bonchev–Trinajstić information content (AvgIpc) is 2.41. The minimum Gasteiger partial charge on any atom is -0.492 e. The fourth-order valence-electron chi connectivity index (χ4n) is 1.87. The number of benzene rings is 1. The first-order valence-corrected chi connectivity index (χ1v) is 9.01. The van der Waals surface area contributed by atoms with Gasteiger partial charge in [0, 0.05) is 12.7 Å². The van der Waals surface area contributed by atoms with Gasteiger partial charge < -0.3 is 15.3 Å². The normalized spacial score (nSPS) is 12.6. The van der Waals surface area contributed by atoms with Gasteiger partial charge in [0.2, 0.25) is 5.91 Å². The summed E-state index contributed by atoms with van der Waals surface area (Å²) in [6, 6.07) is 4.70. The lowest BCUT2D eigenvalue weighted by Gasteiger charge is -2.13. The molecule has 0 radical (unpaired) electrons. The number of aldehydes is 1. The summed E-state index contributed by atoms with van der Waals surface area (Å²) in [6.07, 6.45) is 2.12. The highest BCUT2D eigenvalue weighted by Gasteiger charge is 2.18. The molecule has 6 nitrogen and oxygen atoms in total. The number of carbonyl (C=O) groups excluding carboxylic acids is 2. The van der Waals surface area contributed by atoms with E-state index in [1.165, 1.54) is 6.07 Å². The Morgan fingerprint density at radius 2 is 2.14 bits per heavy atom. The molecule has 1 aromatic carbocycles. The number of nitrogens with two attached hydrogens (primary N) is 1. The van der Waals surface area contributed by atoms with Crippen LogP contribution in [0.25, 0.3) is 0 Å². The zero-order valence-electron chi connectivity index (χ0n) is 12.1. The Kier molecular flexibility index (Phi) is 6.83. The monoisotopic (exact) mass is 347 g/mol. The van der Waals surface area contributed by atoms with Crippen molar-refractivity contribution in [3.05, 3.63) is 28.8 Å². The van der Waals surface area contributed by atoms with Crippen LogP contribution in [0, 0.1) is 0 Å². The molecule has 122 valence electrons. The number of hydrogen-bond acceptors (Lipinski definition) is 5. The molecule has 1 atom stereocenters. The third-order valence-corrected chi connectivity index (χ3v) is 4.28. The molecule has 0 fully saturated rings. The molecule has 0 bridgehead atoms. The maximum atomic E-state index is 11.3. The van der Waals surface area contributed by atoms with Crippen molar-refractivity contribution in [3.63, 3.8) is 0 Å². The largest absolute Gasteiger partial charge is 0.492 e. The SMILES string of the molecule is CS(=O)(=O)CCCOc1ccc(C(CC=O)C(N)=O)cc1Cl. The third kappa shape index (κ3) is 6.03. The highest BCUT2D eigenvalue weighted by molar-refractivity contribution is 7.90. The molecule has 1 amide bonds. The summed E-state index contributed by atoms with van der Waals surface area (Å²) < 4.78 is 27.4. The Balaban J connectivity index is 2.72. The van der Waals surface area contributed by atoms with Crippen LogP contribution >= 0.6 is 11.6 Å². The Morgan fingerprint density at radius 3 is 2.64 bits per heavy atom. The van der Waals surface area contributed by atoms with Gasteiger partial charge in [-0.2, -0.15) is 0 Å². The molecule has 22 heavy (non-hydrogen) atoms. The van der Waals surface area contributed by atoms with Crippen molar-refractivity contribution in [2.75, 3.05) is 18.6 Å². The Morgan fingerprint density at radius 1 is 1.45 bits per heavy atom. The number of rotatable bonds is 9. The Bertz CT molecular complexity index is 645. The second kappa shape index (κ2) is 8.14. The van der Waals surface area contributed by atoms with Crippen molar-refractivity contribution in [1.29, 1.82) is 0 Å². The first-order chi connectivity index (χ1) is 10.2. The van der Waals surface area contributed by atoms with Gasteiger partial charge in [-0.05, 0) is 24.1 Å². The maximum Gasteiger partial charge on any atom is 0.225 e. The molecule has 1 rings (SSSR count). The third-order valence-electron chi connectivity index (χ3n) is 2.95. The fourth-order valence-corrected chi connectivity index (χ4v) is 2.75. The second-order valence-corrected chi connectivity index (χ2v) is 7.55. The summed E-state index contributed by atoms with van der Waals surface area (Å²) in [5, 5.41) is 0.272. The van der Waals surface area contributed by atoms with Gasteiger partial charge in [0.1, 0.15) is 21.9 Å². The van der Waals surface area contributed by atoms with E-state index in [0.29, 0.717) is 24.0 Å². The van der Waals surface area contributed by atoms with E-state index in [4.69, 9.17) is 22.1 Å². The standard InChI is InChI=1S/C14H18ClNO5S/c1-22(19,20)8-2-7-21-13-4-3-10(9-12(13)15)11(5-6-17)14(16)18/h3-4,6,9,11H,2,5,7-8H2,1H3,(H2,16,18). The van der Waals surface area contributed by atoms with Crippen molar-refractivity contribution in [2.24, 2.45) is 5.73 Å². The van der Waals surface area contributed by atoms with Crippen LogP contribution in [0.3, 0.4) is 0 Å². The number of sulfone groups is 1. The lowest BCUT2D eigenvalue weighted by atomic mass is 9.95. The predicted octanol–water partition coefficient (Wildman–Crippen LogP) is 1.31. The van der Waals surface area contributed by atoms with Crippen LogP contribution in [0.5, 0.6) is 5.75 Å². The van der Waals surface area contributed by atoms with Gasteiger partial charge >= 0.3 is 0 Å². The van der Waals surface area contributed by atoms with Crippen LogP contribution in [0.15, 0.2) is 18.2 Å². The van der Waals surface area contributed by atoms with Gasteiger partial charge in [0.15, 0.2) is 0 Å². The first kappa shape index (κ1) is 18.4. The summed E-state index contributed by atoms with van der Waals surface area (Å²) in [5.74, 6) is -0.918. The quantitative estimate of drug-likeness (QED) is 0.535. The number of primary amides is 1. The highest BCUT2D eigenvalue weighted by atomic mass is 35.5. The van der Waals surface area contributed by atoms with Crippen LogP contribution < -0.4 is 10.5 Å². The zero-order chi connectivity index (χ0) is 16.8. The molecule has 0 saturated heterocycles. The van der Waals surface area contributed by atoms with E-state index in [1.54, 1.807) is 12.1 Å². The molecule has 0 aliphatic rings. The molecule has 0 aliphatic heterocycles. The lowest BCUT2D eigenvalue weighted by Crippen LogP contribution is -2.21. The lowest BCUT2D eigenvalue weighted by molar-refractivity contribution is -0.121. The average molecular weight is 348 g/mol. The Hall–Kier alpha value is -1.60. The van der Waals surface area contributed by atoms with Crippen LogP contribution in [-0.2, 0) is 19.4 Å². The number of hydrogen-bond donors (Lipinski definition) is 1. The fraction of sp³-hybridized carbons (Fsp3) is 0.429. The van der Waals surface area contributed by atoms with E-state index in [9.17, 15) is 18.0 Å². The number of halogens is 1. The summed E-state index contributed by atoms with van der Waals surface area (Å²) in [4.78, 5) is 21.9. The van der Waals surface area contributed by atoms with E-state index in [0.717, 1.165) is 6.26 Å². The van der Waals surface area contributed by atoms with Crippen molar-refractivity contribution in [3.8, 4) is 5.75 Å². The molecule has 0 aliphatic carbocycles. The maximum absolute atomic E-state index is 11.3. The minimum absolute atomic E-state index is 0.0137. The molecule has 0 spiro atoms. The van der Waals surface area contributed by atoms with Gasteiger partial charge in [0.05, 0.1) is 23.3 Å². The second-order valence-electron chi connectivity index (χ2n) is 4.88. The molecule has 0 saturated carbocycles. The molecule has 0 heterocycles. The molecular weight excluding hydrogens is 330 g/mol. The van der Waals surface area contributed by atoms with Crippen LogP contribution in [-0.4, -0.2) is 39.2 Å². The van der Waals surface area contributed by atoms with E-state index in [-0.39, 0.29) is 23.8 Å². The van der Waals surface area contributed by atoms with Crippen molar-refractivity contribution in [2.45, 2.75) is 18.8 Å². The van der Waals surface area contributed by atoms with Crippen molar-refractivity contribution in [1.82, 2.24) is 0 Å². The van der Waals surface area contributed by atoms with Gasteiger partial charge in [-0.1, -0.05) is 17.7 Å². The predicted molar refractivity (Wildman–Crippen MR) is 83.9 cm³/mol. The smallest absolute Gasteiger partial charge is 0.225 e. The molecular formula is C14H18ClNO5S. The topological polar surface area (TPSA) is 104 Å². The van der Waals surface area contributed by atoms with Gasteiger partial charge in [-0.3, -0.25) is 4.79 Å². The minimum atomic E-state index is -3.02. The Labute approximate surface area is 134 Å². The molecule has 0 aromatic heterocycles. The van der Waals surface area contributed by atoms with E-state index in [2.05, 4.69) is 0 Å². The van der Waals surface area contributed by atoms with Gasteiger partial charge in [0.25, 0.3) is 0 Å². The summed E-state index contributed by atoms with van der Waals surface area (Å²) in [7, 11) is -3.02. The number of amides is 1. The van der Waals surface area contributed by atoms with Gasteiger partial charge in [-0.15, -0.1) is 0 Å². The van der Waals surface area contributed by atoms with Crippen LogP contribution in [0.4, 0.5) is 0 Å². The summed E-state index contributed by atoms with van der Waals surface area (Å²) >= 11 is 6.06. The van der Waals surface area contributed by atoms with E-state index >= 15 is 0 Å². The molecule has 2 N–H and O–H groups in total. The first-order valence-electron chi connectivity index (χ1n) is 6.57.